The minimum atomic E-state index is -0.953. The van der Waals surface area contributed by atoms with E-state index in [1.807, 2.05) is 88.9 Å². The maximum Gasteiger partial charge on any atom is 0.234 e. The predicted octanol–water partition coefficient (Wildman–Crippen LogP) is 7.75. The number of carbonyl (C=O) groups excluding carboxylic acids is 1. The molecule has 6 rings (SSSR count). The Labute approximate surface area is 236 Å². The molecule has 1 atom stereocenters. The minimum Gasteiger partial charge on any atom is -0.292 e. The quantitative estimate of drug-likeness (QED) is 0.231. The zero-order chi connectivity index (χ0) is 25.6. The number of thioether (sulfide) groups is 1. The first-order chi connectivity index (χ1) is 18.0. The molecule has 37 heavy (non-hydrogen) atoms. The Morgan fingerprint density at radius 3 is 1.97 bits per heavy atom. The first kappa shape index (κ1) is 24.2. The van der Waals surface area contributed by atoms with Crippen molar-refractivity contribution in [2.24, 2.45) is 10.2 Å². The molecule has 0 saturated carbocycles. The van der Waals surface area contributed by atoms with Crippen molar-refractivity contribution in [2.75, 3.05) is 10.0 Å². The standard InChI is InChI=1S/C29H20Br2N4OS/c1-19(36)28-33-35(24-17-15-22(31)16-18-24)29(37-28)26-10-6-5-9-25(26)27(20-11-13-21(30)14-12-20)32-34(29)23-7-3-2-4-8-23/h2-18H,1H3/t29-/m0/s1. The van der Waals surface area contributed by atoms with E-state index in [0.29, 0.717) is 5.04 Å². The number of Topliss-reactive ketones (excluding diaryl/α,β-unsaturated/α-hetero) is 1. The van der Waals surface area contributed by atoms with Crippen LogP contribution < -0.4 is 10.0 Å². The largest absolute Gasteiger partial charge is 0.292 e. The van der Waals surface area contributed by atoms with Crippen LogP contribution in [0.5, 0.6) is 0 Å². The van der Waals surface area contributed by atoms with Crippen molar-refractivity contribution >= 4 is 71.5 Å². The molecule has 1 spiro atoms. The molecule has 0 N–H and O–H groups in total. The van der Waals surface area contributed by atoms with E-state index in [2.05, 4.69) is 56.1 Å². The summed E-state index contributed by atoms with van der Waals surface area (Å²) >= 11 is 8.51. The van der Waals surface area contributed by atoms with Crippen LogP contribution in [0.25, 0.3) is 0 Å². The van der Waals surface area contributed by atoms with Crippen molar-refractivity contribution in [1.82, 2.24) is 0 Å². The summed E-state index contributed by atoms with van der Waals surface area (Å²) in [6.45, 7) is 1.56. The van der Waals surface area contributed by atoms with Gasteiger partial charge in [-0.3, -0.25) is 4.79 Å². The Balaban J connectivity index is 1.66. The Kier molecular flexibility index (Phi) is 6.26. The van der Waals surface area contributed by atoms with Crippen LogP contribution >= 0.6 is 43.6 Å². The van der Waals surface area contributed by atoms with Crippen LogP contribution in [0.4, 0.5) is 11.4 Å². The van der Waals surface area contributed by atoms with E-state index in [4.69, 9.17) is 10.2 Å². The van der Waals surface area contributed by atoms with Gasteiger partial charge in [0.15, 0.2) is 10.8 Å². The summed E-state index contributed by atoms with van der Waals surface area (Å²) in [5, 5.41) is 14.5. The first-order valence-electron chi connectivity index (χ1n) is 11.6. The maximum atomic E-state index is 12.7. The number of nitrogens with zero attached hydrogens (tertiary/aromatic N) is 4. The SMILES string of the molecule is CC(=O)C1=NN(c2ccc(Br)cc2)[C@]2(S1)c1ccccc1C(c1ccc(Br)cc1)=NN2c1ccccc1. The lowest BCUT2D eigenvalue weighted by molar-refractivity contribution is -0.110. The molecular weight excluding hydrogens is 612 g/mol. The Bertz CT molecular complexity index is 1560. The van der Waals surface area contributed by atoms with Gasteiger partial charge in [0.25, 0.3) is 0 Å². The van der Waals surface area contributed by atoms with Gasteiger partial charge in [0.2, 0.25) is 4.99 Å². The Hall–Kier alpha value is -3.20. The summed E-state index contributed by atoms with van der Waals surface area (Å²) in [4.78, 5) is 11.8. The molecule has 5 nitrogen and oxygen atoms in total. The van der Waals surface area contributed by atoms with Crippen molar-refractivity contribution < 1.29 is 4.79 Å². The maximum absolute atomic E-state index is 12.7. The molecular formula is C29H20Br2N4OS. The number of rotatable bonds is 4. The van der Waals surface area contributed by atoms with Crippen LogP contribution in [-0.2, 0) is 9.79 Å². The fourth-order valence-corrected chi connectivity index (χ4v) is 6.37. The van der Waals surface area contributed by atoms with Crippen molar-refractivity contribution in [3.05, 3.63) is 129 Å². The molecule has 4 aromatic carbocycles. The van der Waals surface area contributed by atoms with Crippen LogP contribution in [0.1, 0.15) is 23.6 Å². The van der Waals surface area contributed by atoms with Gasteiger partial charge in [0, 0.05) is 32.6 Å². The molecule has 0 saturated heterocycles. The van der Waals surface area contributed by atoms with Gasteiger partial charge in [0.1, 0.15) is 0 Å². The lowest BCUT2D eigenvalue weighted by Gasteiger charge is -2.47. The average Bonchev–Trinajstić information content (AvgIpc) is 3.32. The molecule has 0 fully saturated rings. The van der Waals surface area contributed by atoms with Crippen LogP contribution in [0.2, 0.25) is 0 Å². The third-order valence-corrected chi connectivity index (χ3v) is 8.70. The van der Waals surface area contributed by atoms with Crippen LogP contribution in [0.3, 0.4) is 0 Å². The van der Waals surface area contributed by atoms with Crippen molar-refractivity contribution in [3.8, 4) is 0 Å². The van der Waals surface area contributed by atoms with Crippen molar-refractivity contribution in [1.29, 1.82) is 0 Å². The summed E-state index contributed by atoms with van der Waals surface area (Å²) in [6, 6.07) is 34.4. The van der Waals surface area contributed by atoms with Crippen LogP contribution in [-0.4, -0.2) is 16.5 Å². The molecule has 2 aliphatic rings. The highest BCUT2D eigenvalue weighted by Crippen LogP contribution is 2.55. The van der Waals surface area contributed by atoms with Crippen LogP contribution in [0.15, 0.2) is 122 Å². The number of hydrazone groups is 2. The van der Waals surface area contributed by atoms with Gasteiger partial charge in [-0.2, -0.15) is 10.2 Å². The monoisotopic (exact) mass is 630 g/mol. The number of carbonyl (C=O) groups is 1. The zero-order valence-corrected chi connectivity index (χ0v) is 23.7. The highest BCUT2D eigenvalue weighted by atomic mass is 79.9. The van der Waals surface area contributed by atoms with Gasteiger partial charge in [-0.1, -0.05) is 86.5 Å². The number of halogens is 2. The van der Waals surface area contributed by atoms with E-state index in [0.717, 1.165) is 42.7 Å². The number of benzene rings is 4. The molecule has 0 aliphatic carbocycles. The van der Waals surface area contributed by atoms with Gasteiger partial charge in [-0.15, -0.1) is 0 Å². The van der Waals surface area contributed by atoms with E-state index in [1.165, 1.54) is 11.8 Å². The molecule has 8 heteroatoms. The third-order valence-electron chi connectivity index (χ3n) is 6.23. The van der Waals surface area contributed by atoms with Crippen LogP contribution in [0, 0.1) is 0 Å². The molecule has 0 amide bonds. The number of hydrogen-bond acceptors (Lipinski definition) is 6. The number of para-hydroxylation sites is 1. The number of ketones is 1. The third kappa shape index (κ3) is 4.13. The van der Waals surface area contributed by atoms with Gasteiger partial charge in [-0.25, -0.2) is 10.0 Å². The second-order valence-corrected chi connectivity index (χ2v) is 11.6. The van der Waals surface area contributed by atoms with E-state index < -0.39 is 4.99 Å². The van der Waals surface area contributed by atoms with Crippen molar-refractivity contribution in [3.63, 3.8) is 0 Å². The second-order valence-electron chi connectivity index (χ2n) is 8.61. The Morgan fingerprint density at radius 2 is 1.30 bits per heavy atom. The fourth-order valence-electron chi connectivity index (χ4n) is 4.55. The van der Waals surface area contributed by atoms with E-state index in [-0.39, 0.29) is 5.78 Å². The molecule has 182 valence electrons. The second kappa shape index (κ2) is 9.59. The number of anilines is 2. The lowest BCUT2D eigenvalue weighted by Crippen LogP contribution is -2.54. The van der Waals surface area contributed by atoms with Gasteiger partial charge >= 0.3 is 0 Å². The summed E-state index contributed by atoms with van der Waals surface area (Å²) in [6.07, 6.45) is 0. The number of fused-ring (bicyclic) bond motifs is 2. The van der Waals surface area contributed by atoms with E-state index >= 15 is 0 Å². The molecule has 0 aromatic heterocycles. The van der Waals surface area contributed by atoms with E-state index in [1.54, 1.807) is 6.92 Å². The Morgan fingerprint density at radius 1 is 0.730 bits per heavy atom. The molecule has 0 unspecified atom stereocenters. The average molecular weight is 632 g/mol. The highest BCUT2D eigenvalue weighted by Gasteiger charge is 2.55. The van der Waals surface area contributed by atoms with Gasteiger partial charge < -0.3 is 0 Å². The summed E-state index contributed by atoms with van der Waals surface area (Å²) in [5.41, 5.74) is 5.58. The molecule has 4 aromatic rings. The highest BCUT2D eigenvalue weighted by molar-refractivity contribution is 9.10. The smallest absolute Gasteiger partial charge is 0.234 e. The normalized spacial score (nSPS) is 18.5. The molecule has 0 radical (unpaired) electrons. The molecule has 2 aliphatic heterocycles. The van der Waals surface area contributed by atoms with E-state index in [9.17, 15) is 4.79 Å². The summed E-state index contributed by atoms with van der Waals surface area (Å²) in [7, 11) is 0. The van der Waals surface area contributed by atoms with Gasteiger partial charge in [-0.05, 0) is 60.3 Å². The fraction of sp³-hybridized carbons (Fsp3) is 0.0690. The topological polar surface area (TPSA) is 48.3 Å². The molecule has 2 heterocycles. The predicted molar refractivity (Wildman–Crippen MR) is 159 cm³/mol. The van der Waals surface area contributed by atoms with Crippen molar-refractivity contribution in [2.45, 2.75) is 11.9 Å². The summed E-state index contributed by atoms with van der Waals surface area (Å²) in [5.74, 6) is -0.0860. The van der Waals surface area contributed by atoms with Gasteiger partial charge in [0.05, 0.1) is 17.1 Å². The summed E-state index contributed by atoms with van der Waals surface area (Å²) < 4.78 is 1.97. The minimum absolute atomic E-state index is 0.0860. The lowest BCUT2D eigenvalue weighted by atomic mass is 9.93. The zero-order valence-electron chi connectivity index (χ0n) is 19.7. The molecule has 0 bridgehead atoms. The first-order valence-corrected chi connectivity index (χ1v) is 14.0. The number of hydrogen-bond donors (Lipinski definition) is 0.